The highest BCUT2D eigenvalue weighted by molar-refractivity contribution is 7.81. The third kappa shape index (κ3) is 9.09. The van der Waals surface area contributed by atoms with E-state index < -0.39 is 46.3 Å². The number of hydrogen-bond donors (Lipinski definition) is 4. The van der Waals surface area contributed by atoms with Crippen LogP contribution in [0.4, 0.5) is 35.9 Å². The van der Waals surface area contributed by atoms with Gasteiger partial charge in [0.1, 0.15) is 23.9 Å². The first-order chi connectivity index (χ1) is 27.0. The first kappa shape index (κ1) is 41.6. The van der Waals surface area contributed by atoms with Crippen LogP contribution < -0.4 is 30.5 Å². The molecular weight excluding hydrogens is 785 g/mol. The van der Waals surface area contributed by atoms with Gasteiger partial charge in [-0.05, 0) is 81.8 Å². The fourth-order valence-electron chi connectivity index (χ4n) is 7.17. The lowest BCUT2D eigenvalue weighted by atomic mass is 10.0. The number of alkyl halides is 3. The molecule has 0 bridgehead atoms. The molecule has 0 aromatic heterocycles. The van der Waals surface area contributed by atoms with E-state index in [0.29, 0.717) is 68.6 Å². The quantitative estimate of drug-likeness (QED) is 0.148. The maximum atomic E-state index is 13.7. The van der Waals surface area contributed by atoms with Crippen LogP contribution in [0.2, 0.25) is 5.02 Å². The Morgan fingerprint density at radius 3 is 2.42 bits per heavy atom. The van der Waals surface area contributed by atoms with Crippen molar-refractivity contribution in [3.05, 3.63) is 76.8 Å². The number of nitrogens with zero attached hydrogens (tertiary/aromatic N) is 5. The molecule has 3 heterocycles. The van der Waals surface area contributed by atoms with E-state index in [-0.39, 0.29) is 34.9 Å². The zero-order valence-electron chi connectivity index (χ0n) is 31.4. The van der Waals surface area contributed by atoms with Gasteiger partial charge in [-0.1, -0.05) is 17.7 Å². The summed E-state index contributed by atoms with van der Waals surface area (Å²) in [6.07, 6.45) is -4.14. The first-order valence-corrected chi connectivity index (χ1v) is 19.2. The molecule has 13 nitrogen and oxygen atoms in total. The zero-order valence-corrected chi connectivity index (χ0v) is 33.0. The van der Waals surface area contributed by atoms with Crippen LogP contribution in [0.5, 0.6) is 5.75 Å². The van der Waals surface area contributed by atoms with Crippen molar-refractivity contribution < 1.29 is 37.1 Å². The molecule has 302 valence electrons. The predicted molar refractivity (Wildman–Crippen MR) is 212 cm³/mol. The lowest BCUT2D eigenvalue weighted by molar-refractivity contribution is -0.138. The Morgan fingerprint density at radius 2 is 1.75 bits per heavy atom. The number of amides is 4. The average molecular weight is 827 g/mol. The molecule has 3 N–H and O–H groups in total. The van der Waals surface area contributed by atoms with Crippen molar-refractivity contribution in [2.75, 3.05) is 59.8 Å². The van der Waals surface area contributed by atoms with Gasteiger partial charge in [0.2, 0.25) is 17.7 Å². The maximum absolute atomic E-state index is 13.7. The van der Waals surface area contributed by atoms with Gasteiger partial charge in [0.05, 0.1) is 28.3 Å². The number of rotatable bonds is 11. The van der Waals surface area contributed by atoms with Gasteiger partial charge < -0.3 is 20.3 Å². The third-order valence-electron chi connectivity index (χ3n) is 10.4. The van der Waals surface area contributed by atoms with Crippen molar-refractivity contribution in [1.82, 2.24) is 15.1 Å². The summed E-state index contributed by atoms with van der Waals surface area (Å²) in [7, 11) is 0. The molecule has 0 spiro atoms. The van der Waals surface area contributed by atoms with E-state index in [1.165, 1.54) is 6.07 Å². The van der Waals surface area contributed by atoms with Crippen molar-refractivity contribution in [2.45, 2.75) is 62.9 Å². The fraction of sp³-hybridized carbons (Fsp3) is 0.410. The minimum Gasteiger partial charge on any atom is -0.491 e. The van der Waals surface area contributed by atoms with E-state index in [1.807, 2.05) is 6.92 Å². The summed E-state index contributed by atoms with van der Waals surface area (Å²) < 4.78 is 47.2. The second-order valence-corrected chi connectivity index (χ2v) is 15.4. The number of carbonyl (C=O) groups is 4. The molecule has 57 heavy (non-hydrogen) atoms. The molecule has 3 aliphatic rings. The summed E-state index contributed by atoms with van der Waals surface area (Å²) in [5, 5.41) is 17.9. The molecular formula is C39H42ClF3N8O5S. The summed E-state index contributed by atoms with van der Waals surface area (Å²) in [4.78, 5) is 57.5. The van der Waals surface area contributed by atoms with Gasteiger partial charge >= 0.3 is 6.18 Å². The second kappa shape index (κ2) is 16.8. The maximum Gasteiger partial charge on any atom is 0.417 e. The van der Waals surface area contributed by atoms with E-state index in [4.69, 9.17) is 16.3 Å². The highest BCUT2D eigenvalue weighted by Crippen LogP contribution is 2.43. The predicted octanol–water partition coefficient (Wildman–Crippen LogP) is 5.32. The number of thiol groups is 1. The van der Waals surface area contributed by atoms with E-state index in [9.17, 15) is 37.6 Å². The van der Waals surface area contributed by atoms with Gasteiger partial charge in [-0.3, -0.25) is 39.2 Å². The van der Waals surface area contributed by atoms with Gasteiger partial charge in [0.15, 0.2) is 5.50 Å². The monoisotopic (exact) mass is 826 g/mol. The van der Waals surface area contributed by atoms with Crippen molar-refractivity contribution in [3.8, 4) is 11.8 Å². The molecule has 0 radical (unpaired) electrons. The molecule has 0 aliphatic carbocycles. The highest BCUT2D eigenvalue weighted by atomic mass is 35.5. The summed E-state index contributed by atoms with van der Waals surface area (Å²) in [5.74, 6) is -0.895. The number of benzene rings is 3. The van der Waals surface area contributed by atoms with Crippen molar-refractivity contribution in [2.24, 2.45) is 0 Å². The van der Waals surface area contributed by atoms with E-state index >= 15 is 0 Å². The van der Waals surface area contributed by atoms with Crippen molar-refractivity contribution >= 4 is 70.6 Å². The van der Waals surface area contributed by atoms with Crippen LogP contribution in [0.25, 0.3) is 0 Å². The molecule has 18 heteroatoms. The minimum absolute atomic E-state index is 0.0460. The Hall–Kier alpha value is -5.02. The Bertz CT molecular complexity index is 2090. The molecule has 6 rings (SSSR count). The van der Waals surface area contributed by atoms with Crippen LogP contribution in [0.3, 0.4) is 0 Å². The van der Waals surface area contributed by atoms with Gasteiger partial charge in [-0.2, -0.15) is 18.4 Å². The molecule has 3 aromatic rings. The van der Waals surface area contributed by atoms with Gasteiger partial charge in [0, 0.05) is 61.9 Å². The number of imide groups is 1. The van der Waals surface area contributed by atoms with Crippen LogP contribution in [-0.4, -0.2) is 95.9 Å². The van der Waals surface area contributed by atoms with Gasteiger partial charge in [0.25, 0.3) is 5.91 Å². The average Bonchev–Trinajstić information content (AvgIpc) is 3.34. The summed E-state index contributed by atoms with van der Waals surface area (Å²) >= 11 is 11.3. The largest absolute Gasteiger partial charge is 0.491 e. The number of piperidine rings is 1. The molecule has 3 atom stereocenters. The fourth-order valence-corrected chi connectivity index (χ4v) is 8.06. The van der Waals surface area contributed by atoms with Crippen LogP contribution in [0.1, 0.15) is 44.7 Å². The Balaban J connectivity index is 0.990. The summed E-state index contributed by atoms with van der Waals surface area (Å²) in [6.45, 7) is 8.81. The minimum atomic E-state index is -4.79. The Kier molecular flexibility index (Phi) is 12.3. The number of hydrogen-bond acceptors (Lipinski definition) is 11. The molecule has 3 fully saturated rings. The topological polar surface area (TPSA) is 150 Å². The van der Waals surface area contributed by atoms with E-state index in [2.05, 4.69) is 38.4 Å². The number of piperazine rings is 1. The van der Waals surface area contributed by atoms with E-state index in [0.717, 1.165) is 17.0 Å². The third-order valence-corrected chi connectivity index (χ3v) is 11.2. The molecule has 0 saturated carbocycles. The molecule has 3 saturated heterocycles. The van der Waals surface area contributed by atoms with Crippen molar-refractivity contribution in [1.29, 1.82) is 5.26 Å². The summed E-state index contributed by atoms with van der Waals surface area (Å²) in [5.41, 5.74) is -2.19. The molecule has 3 aromatic carbocycles. The van der Waals surface area contributed by atoms with Gasteiger partial charge in [-0.25, -0.2) is 0 Å². The number of anilines is 4. The molecule has 3 aliphatic heterocycles. The lowest BCUT2D eigenvalue weighted by Crippen LogP contribution is -2.53. The number of carbonyl (C=O) groups excluding carboxylic acids is 4. The standard InChI is InChI=1S/C39H42ClF3N8O5S/c1-23(34(53)46-26-6-4-5-25(19-26)45-31-10-12-33(52)47-35(31)54)49-15-13-48(14-16-49)17-18-56-32-11-9-28(21-30(32)40)51-37(57)50(36(55)38(51,2)3)27-8-7-24(22-44)29(20-27)39(41,42)43/h4-9,11,19-21,23,31,37,45,57H,10,12-18H2,1-3H3,(H,46,53)(H,47,52,54)/t23-,31-,37+/m0/s1. The van der Waals surface area contributed by atoms with Crippen LogP contribution in [0.15, 0.2) is 60.7 Å². The lowest BCUT2D eigenvalue weighted by Gasteiger charge is -2.37. The van der Waals surface area contributed by atoms with E-state index in [1.54, 1.807) is 67.3 Å². The normalized spacial score (nSPS) is 20.9. The van der Waals surface area contributed by atoms with Crippen LogP contribution in [0, 0.1) is 11.3 Å². The van der Waals surface area contributed by atoms with Crippen LogP contribution in [-0.2, 0) is 25.4 Å². The summed E-state index contributed by atoms with van der Waals surface area (Å²) in [6, 6.07) is 15.8. The Labute approximate surface area is 338 Å². The first-order valence-electron chi connectivity index (χ1n) is 18.3. The number of halogens is 4. The Morgan fingerprint density at radius 1 is 1.05 bits per heavy atom. The van der Waals surface area contributed by atoms with Gasteiger partial charge in [-0.15, -0.1) is 12.6 Å². The smallest absolute Gasteiger partial charge is 0.417 e. The van der Waals surface area contributed by atoms with Crippen LogP contribution >= 0.6 is 24.2 Å². The molecule has 0 unspecified atom stereocenters. The number of nitrogens with one attached hydrogen (secondary N) is 3. The number of ether oxygens (including phenoxy) is 1. The highest BCUT2D eigenvalue weighted by Gasteiger charge is 2.52. The van der Waals surface area contributed by atoms with Crippen molar-refractivity contribution in [3.63, 3.8) is 0 Å². The molecule has 4 amide bonds. The number of nitriles is 1. The zero-order chi connectivity index (χ0) is 41.2. The SMILES string of the molecule is C[C@@H](C(=O)Nc1cccc(N[C@H]2CCC(=O)NC2=O)c1)N1CCN(CCOc2ccc(N3[C@H](S)N(c4ccc(C#N)c(C(F)(F)F)c4)C(=O)C3(C)C)cc2Cl)CC1. The second-order valence-electron chi connectivity index (χ2n) is 14.5.